The van der Waals surface area contributed by atoms with E-state index in [4.69, 9.17) is 5.84 Å². The van der Waals surface area contributed by atoms with Gasteiger partial charge in [-0.1, -0.05) is 0 Å². The zero-order chi connectivity index (χ0) is 13.7. The van der Waals surface area contributed by atoms with Crippen molar-refractivity contribution in [3.63, 3.8) is 0 Å². The van der Waals surface area contributed by atoms with Gasteiger partial charge < -0.3 is 15.6 Å². The van der Waals surface area contributed by atoms with Crippen LogP contribution in [0.2, 0.25) is 0 Å². The lowest BCUT2D eigenvalue weighted by molar-refractivity contribution is -0.130. The van der Waals surface area contributed by atoms with E-state index in [1.165, 1.54) is 6.33 Å². The molecule has 0 aliphatic heterocycles. The summed E-state index contributed by atoms with van der Waals surface area (Å²) in [6.45, 7) is 4.35. The van der Waals surface area contributed by atoms with Crippen molar-refractivity contribution >= 4 is 33.5 Å². The maximum Gasteiger partial charge on any atom is 0.244 e. The number of hydrogen-bond donors (Lipinski definition) is 3. The van der Waals surface area contributed by atoms with Gasteiger partial charge in [0, 0.05) is 13.6 Å². The highest BCUT2D eigenvalue weighted by Gasteiger charge is 2.18. The van der Waals surface area contributed by atoms with Crippen LogP contribution in [-0.2, 0) is 4.79 Å². The fourth-order valence-corrected chi connectivity index (χ4v) is 1.76. The van der Waals surface area contributed by atoms with Crippen molar-refractivity contribution in [2.24, 2.45) is 5.84 Å². The van der Waals surface area contributed by atoms with Crippen molar-refractivity contribution in [2.45, 2.75) is 19.9 Å². The predicted molar refractivity (Wildman–Crippen MR) is 73.9 cm³/mol. The zero-order valence-electron chi connectivity index (χ0n) is 10.6. The number of halogens is 1. The predicted octanol–water partition coefficient (Wildman–Crippen LogP) is 0.803. The van der Waals surface area contributed by atoms with Gasteiger partial charge in [-0.25, -0.2) is 15.8 Å². The molecule has 0 aliphatic rings. The van der Waals surface area contributed by atoms with Crippen LogP contribution < -0.4 is 16.6 Å². The van der Waals surface area contributed by atoms with Crippen LogP contribution in [0, 0.1) is 0 Å². The molecular formula is C10H17BrN6O. The third kappa shape index (κ3) is 3.30. The van der Waals surface area contributed by atoms with Crippen LogP contribution in [0.4, 0.5) is 11.6 Å². The molecule has 0 radical (unpaired) electrons. The third-order valence-corrected chi connectivity index (χ3v) is 3.25. The van der Waals surface area contributed by atoms with Gasteiger partial charge >= 0.3 is 0 Å². The molecule has 0 aliphatic carbocycles. The first-order valence-electron chi connectivity index (χ1n) is 5.49. The number of hydrogen-bond acceptors (Lipinski definition) is 6. The molecule has 1 rings (SSSR count). The van der Waals surface area contributed by atoms with Gasteiger partial charge in [-0.05, 0) is 29.8 Å². The van der Waals surface area contributed by atoms with Crippen LogP contribution in [0.3, 0.4) is 0 Å². The molecule has 1 amide bonds. The summed E-state index contributed by atoms with van der Waals surface area (Å²) in [5.41, 5.74) is 2.44. The Hall–Kier alpha value is -1.41. The number of likely N-dealkylation sites (N-methyl/N-ethyl adjacent to an activating group) is 1. The van der Waals surface area contributed by atoms with Gasteiger partial charge in [-0.2, -0.15) is 0 Å². The number of amides is 1. The van der Waals surface area contributed by atoms with Gasteiger partial charge in [0.2, 0.25) is 5.91 Å². The highest BCUT2D eigenvalue weighted by atomic mass is 79.9. The van der Waals surface area contributed by atoms with Crippen molar-refractivity contribution < 1.29 is 4.79 Å². The van der Waals surface area contributed by atoms with Gasteiger partial charge in [0.1, 0.15) is 22.7 Å². The summed E-state index contributed by atoms with van der Waals surface area (Å²) in [5, 5.41) is 3.02. The molecule has 1 unspecified atom stereocenters. The number of nitrogens with zero attached hydrogens (tertiary/aromatic N) is 3. The van der Waals surface area contributed by atoms with Crippen LogP contribution >= 0.6 is 15.9 Å². The SMILES string of the molecule is CCN(C)C(=O)C(C)Nc1ncnc(NN)c1Br. The first-order chi connectivity index (χ1) is 8.51. The summed E-state index contributed by atoms with van der Waals surface area (Å²) in [7, 11) is 1.75. The smallest absolute Gasteiger partial charge is 0.244 e. The molecule has 1 aromatic heterocycles. The maximum absolute atomic E-state index is 11.9. The Labute approximate surface area is 114 Å². The quantitative estimate of drug-likeness (QED) is 0.549. The maximum atomic E-state index is 11.9. The molecule has 18 heavy (non-hydrogen) atoms. The Morgan fingerprint density at radius 2 is 2.17 bits per heavy atom. The summed E-state index contributed by atoms with van der Waals surface area (Å²) in [6, 6.07) is -0.383. The van der Waals surface area contributed by atoms with E-state index in [2.05, 4.69) is 36.6 Å². The molecule has 0 saturated carbocycles. The van der Waals surface area contributed by atoms with Gasteiger partial charge in [0.25, 0.3) is 0 Å². The molecule has 0 bridgehead atoms. The van der Waals surface area contributed by atoms with Crippen molar-refractivity contribution in [3.8, 4) is 0 Å². The minimum Gasteiger partial charge on any atom is -0.358 e. The van der Waals surface area contributed by atoms with Crippen LogP contribution in [0.15, 0.2) is 10.8 Å². The number of carbonyl (C=O) groups excluding carboxylic acids is 1. The number of hydrazine groups is 1. The number of nitrogens with one attached hydrogen (secondary N) is 2. The molecule has 1 heterocycles. The van der Waals surface area contributed by atoms with E-state index in [1.54, 1.807) is 18.9 Å². The molecule has 100 valence electrons. The molecular weight excluding hydrogens is 300 g/mol. The third-order valence-electron chi connectivity index (χ3n) is 2.50. The lowest BCUT2D eigenvalue weighted by Crippen LogP contribution is -2.39. The summed E-state index contributed by atoms with van der Waals surface area (Å²) in [5.74, 6) is 6.27. The van der Waals surface area contributed by atoms with E-state index in [0.29, 0.717) is 22.7 Å². The van der Waals surface area contributed by atoms with Gasteiger partial charge in [0.15, 0.2) is 5.82 Å². The number of aromatic nitrogens is 2. The summed E-state index contributed by atoms with van der Waals surface area (Å²) in [4.78, 5) is 21.5. The van der Waals surface area contributed by atoms with Gasteiger partial charge in [-0.3, -0.25) is 4.79 Å². The minimum absolute atomic E-state index is 0.00901. The van der Waals surface area contributed by atoms with Crippen LogP contribution in [0.5, 0.6) is 0 Å². The average Bonchev–Trinajstić information content (AvgIpc) is 2.39. The van der Waals surface area contributed by atoms with Crippen molar-refractivity contribution in [2.75, 3.05) is 24.3 Å². The van der Waals surface area contributed by atoms with Gasteiger partial charge in [-0.15, -0.1) is 0 Å². The molecule has 1 atom stereocenters. The molecule has 0 saturated heterocycles. The second-order valence-electron chi connectivity index (χ2n) is 3.75. The van der Waals surface area contributed by atoms with Crippen LogP contribution in [0.1, 0.15) is 13.8 Å². The molecule has 1 aromatic rings. The van der Waals surface area contributed by atoms with E-state index in [-0.39, 0.29) is 11.9 Å². The first-order valence-corrected chi connectivity index (χ1v) is 6.29. The monoisotopic (exact) mass is 316 g/mol. The number of nitrogens with two attached hydrogens (primary N) is 1. The molecule has 7 nitrogen and oxygen atoms in total. The van der Waals surface area contributed by atoms with E-state index in [1.807, 2.05) is 6.92 Å². The topological polar surface area (TPSA) is 96.2 Å². The zero-order valence-corrected chi connectivity index (χ0v) is 12.2. The average molecular weight is 317 g/mol. The fourth-order valence-electron chi connectivity index (χ4n) is 1.32. The van der Waals surface area contributed by atoms with Crippen LogP contribution in [0.25, 0.3) is 0 Å². The second kappa shape index (κ2) is 6.50. The molecule has 4 N–H and O–H groups in total. The Morgan fingerprint density at radius 1 is 1.56 bits per heavy atom. The van der Waals surface area contributed by atoms with E-state index < -0.39 is 0 Å². The van der Waals surface area contributed by atoms with Crippen molar-refractivity contribution in [1.82, 2.24) is 14.9 Å². The second-order valence-corrected chi connectivity index (χ2v) is 4.54. The Balaban J connectivity index is 2.82. The van der Waals surface area contributed by atoms with E-state index in [9.17, 15) is 4.79 Å². The summed E-state index contributed by atoms with van der Waals surface area (Å²) < 4.78 is 0.589. The fraction of sp³-hybridized carbons (Fsp3) is 0.500. The molecule has 0 aromatic carbocycles. The van der Waals surface area contributed by atoms with Crippen molar-refractivity contribution in [3.05, 3.63) is 10.8 Å². The molecule has 0 fully saturated rings. The lowest BCUT2D eigenvalue weighted by Gasteiger charge is -2.21. The minimum atomic E-state index is -0.383. The Kier molecular flexibility index (Phi) is 5.29. The highest BCUT2D eigenvalue weighted by molar-refractivity contribution is 9.10. The normalized spacial score (nSPS) is 11.8. The lowest BCUT2D eigenvalue weighted by atomic mass is 10.3. The number of anilines is 2. The summed E-state index contributed by atoms with van der Waals surface area (Å²) in [6.07, 6.45) is 1.36. The number of carbonyl (C=O) groups is 1. The standard InChI is InChI=1S/C10H17BrN6O/c1-4-17(3)10(18)6(2)15-8-7(11)9(16-12)14-5-13-8/h5-6H,4,12H2,1-3H3,(H2,13,14,15,16). The molecule has 0 spiro atoms. The van der Waals surface area contributed by atoms with E-state index >= 15 is 0 Å². The number of nitrogen functional groups attached to an aromatic ring is 1. The van der Waals surface area contributed by atoms with E-state index in [0.717, 1.165) is 0 Å². The Morgan fingerprint density at radius 3 is 2.72 bits per heavy atom. The van der Waals surface area contributed by atoms with Crippen LogP contribution in [-0.4, -0.2) is 40.4 Å². The highest BCUT2D eigenvalue weighted by Crippen LogP contribution is 2.26. The largest absolute Gasteiger partial charge is 0.358 e. The summed E-state index contributed by atoms with van der Waals surface area (Å²) >= 11 is 3.32. The number of rotatable bonds is 5. The molecule has 8 heteroatoms. The van der Waals surface area contributed by atoms with Crippen molar-refractivity contribution in [1.29, 1.82) is 0 Å². The Bertz CT molecular complexity index is 427. The van der Waals surface area contributed by atoms with Gasteiger partial charge in [0.05, 0.1) is 0 Å². The first kappa shape index (κ1) is 14.7.